The van der Waals surface area contributed by atoms with Gasteiger partial charge in [0, 0.05) is 30.9 Å². The molecule has 2 N–H and O–H groups in total. The summed E-state index contributed by atoms with van der Waals surface area (Å²) in [6, 6.07) is 2.69. The van der Waals surface area contributed by atoms with Crippen molar-refractivity contribution in [3.63, 3.8) is 0 Å². The van der Waals surface area contributed by atoms with Gasteiger partial charge in [0.05, 0.1) is 0 Å². The summed E-state index contributed by atoms with van der Waals surface area (Å²) in [6.45, 7) is 5.54. The SMILES string of the molecule is Cc1cc(N(CCN)C2CCCC2)nc(C)n1. The molecule has 0 bridgehead atoms. The van der Waals surface area contributed by atoms with Crippen molar-refractivity contribution in [2.45, 2.75) is 45.6 Å². The van der Waals surface area contributed by atoms with Gasteiger partial charge in [0.2, 0.25) is 0 Å². The fourth-order valence-corrected chi connectivity index (χ4v) is 2.68. The summed E-state index contributed by atoms with van der Waals surface area (Å²) in [5, 5.41) is 0. The smallest absolute Gasteiger partial charge is 0.132 e. The molecule has 0 atom stereocenters. The Morgan fingerprint density at radius 2 is 2.00 bits per heavy atom. The maximum absolute atomic E-state index is 5.73. The van der Waals surface area contributed by atoms with Crippen LogP contribution in [0.1, 0.15) is 37.2 Å². The standard InChI is InChI=1S/C13H22N4/c1-10-9-13(16-11(2)15-10)17(8-7-14)12-5-3-4-6-12/h9,12H,3-8,14H2,1-2H3. The third-order valence-electron chi connectivity index (χ3n) is 3.38. The zero-order valence-corrected chi connectivity index (χ0v) is 10.8. The van der Waals surface area contributed by atoms with Gasteiger partial charge in [0.15, 0.2) is 0 Å². The molecule has 1 aliphatic rings. The van der Waals surface area contributed by atoms with E-state index < -0.39 is 0 Å². The van der Waals surface area contributed by atoms with Crippen molar-refractivity contribution in [3.8, 4) is 0 Å². The van der Waals surface area contributed by atoms with Gasteiger partial charge in [-0.05, 0) is 26.7 Å². The Hall–Kier alpha value is -1.16. The molecule has 4 nitrogen and oxygen atoms in total. The van der Waals surface area contributed by atoms with Crippen molar-refractivity contribution >= 4 is 5.82 Å². The molecule has 17 heavy (non-hydrogen) atoms. The van der Waals surface area contributed by atoms with Crippen LogP contribution in [0.5, 0.6) is 0 Å². The molecule has 1 saturated carbocycles. The number of hydrogen-bond donors (Lipinski definition) is 1. The zero-order valence-electron chi connectivity index (χ0n) is 10.8. The van der Waals surface area contributed by atoms with Gasteiger partial charge >= 0.3 is 0 Å². The van der Waals surface area contributed by atoms with E-state index in [0.29, 0.717) is 12.6 Å². The molecule has 94 valence electrons. The van der Waals surface area contributed by atoms with Gasteiger partial charge in [-0.3, -0.25) is 0 Å². The van der Waals surface area contributed by atoms with Gasteiger partial charge < -0.3 is 10.6 Å². The zero-order chi connectivity index (χ0) is 12.3. The lowest BCUT2D eigenvalue weighted by atomic mass is 10.2. The quantitative estimate of drug-likeness (QED) is 0.863. The van der Waals surface area contributed by atoms with Gasteiger partial charge in [-0.2, -0.15) is 0 Å². The first-order valence-corrected chi connectivity index (χ1v) is 6.49. The van der Waals surface area contributed by atoms with Crippen molar-refractivity contribution in [1.29, 1.82) is 0 Å². The fraction of sp³-hybridized carbons (Fsp3) is 0.692. The van der Waals surface area contributed by atoms with Crippen molar-refractivity contribution in [1.82, 2.24) is 9.97 Å². The van der Waals surface area contributed by atoms with E-state index in [2.05, 4.69) is 20.9 Å². The molecule has 0 spiro atoms. The van der Waals surface area contributed by atoms with E-state index >= 15 is 0 Å². The molecule has 0 aliphatic heterocycles. The van der Waals surface area contributed by atoms with Crippen LogP contribution in [-0.4, -0.2) is 29.1 Å². The summed E-state index contributed by atoms with van der Waals surface area (Å²) in [5.41, 5.74) is 6.76. The lowest BCUT2D eigenvalue weighted by Crippen LogP contribution is -2.38. The summed E-state index contributed by atoms with van der Waals surface area (Å²) < 4.78 is 0. The van der Waals surface area contributed by atoms with Crippen LogP contribution in [0, 0.1) is 13.8 Å². The van der Waals surface area contributed by atoms with Gasteiger partial charge in [-0.1, -0.05) is 12.8 Å². The molecule has 1 aromatic heterocycles. The molecular formula is C13H22N4. The molecule has 1 aromatic rings. The lowest BCUT2D eigenvalue weighted by Gasteiger charge is -2.30. The topological polar surface area (TPSA) is 55.0 Å². The Balaban J connectivity index is 2.24. The Labute approximate surface area is 103 Å². The van der Waals surface area contributed by atoms with Gasteiger partial charge in [-0.25, -0.2) is 9.97 Å². The molecule has 2 rings (SSSR count). The molecule has 4 heteroatoms. The second-order valence-electron chi connectivity index (χ2n) is 4.84. The highest BCUT2D eigenvalue weighted by Crippen LogP contribution is 2.27. The minimum absolute atomic E-state index is 0.618. The van der Waals surface area contributed by atoms with Gasteiger partial charge in [0.25, 0.3) is 0 Å². The predicted molar refractivity (Wildman–Crippen MR) is 70.2 cm³/mol. The summed E-state index contributed by atoms with van der Waals surface area (Å²) in [7, 11) is 0. The first-order valence-electron chi connectivity index (χ1n) is 6.49. The molecule has 1 heterocycles. The number of anilines is 1. The highest BCUT2D eigenvalue weighted by atomic mass is 15.2. The molecule has 0 aromatic carbocycles. The minimum atomic E-state index is 0.618. The van der Waals surface area contributed by atoms with E-state index in [4.69, 9.17) is 5.73 Å². The van der Waals surface area contributed by atoms with Crippen LogP contribution in [0.3, 0.4) is 0 Å². The van der Waals surface area contributed by atoms with Crippen molar-refractivity contribution in [2.75, 3.05) is 18.0 Å². The summed E-state index contributed by atoms with van der Waals surface area (Å²) in [5.74, 6) is 1.90. The number of nitrogens with zero attached hydrogens (tertiary/aromatic N) is 3. The molecule has 1 fully saturated rings. The maximum atomic E-state index is 5.73. The number of aryl methyl sites for hydroxylation is 2. The minimum Gasteiger partial charge on any atom is -0.352 e. The molecule has 0 saturated heterocycles. The lowest BCUT2D eigenvalue weighted by molar-refractivity contribution is 0.600. The van der Waals surface area contributed by atoms with Crippen molar-refractivity contribution < 1.29 is 0 Å². The van der Waals surface area contributed by atoms with Crippen LogP contribution in [-0.2, 0) is 0 Å². The van der Waals surface area contributed by atoms with Gasteiger partial charge in [-0.15, -0.1) is 0 Å². The molecule has 0 amide bonds. The van der Waals surface area contributed by atoms with Crippen LogP contribution in [0.2, 0.25) is 0 Å². The monoisotopic (exact) mass is 234 g/mol. The Kier molecular flexibility index (Phi) is 3.94. The maximum Gasteiger partial charge on any atom is 0.132 e. The van der Waals surface area contributed by atoms with Crippen LogP contribution in [0.4, 0.5) is 5.82 Å². The van der Waals surface area contributed by atoms with Crippen LogP contribution < -0.4 is 10.6 Å². The number of nitrogens with two attached hydrogens (primary N) is 1. The molecule has 1 aliphatic carbocycles. The highest BCUT2D eigenvalue weighted by molar-refractivity contribution is 5.41. The van der Waals surface area contributed by atoms with E-state index in [1.54, 1.807) is 0 Å². The first kappa shape index (κ1) is 12.3. The second kappa shape index (κ2) is 5.45. The van der Waals surface area contributed by atoms with Crippen molar-refractivity contribution in [3.05, 3.63) is 17.6 Å². The third-order valence-corrected chi connectivity index (χ3v) is 3.38. The van der Waals surface area contributed by atoms with E-state index in [0.717, 1.165) is 23.9 Å². The average Bonchev–Trinajstić information content (AvgIpc) is 2.77. The van der Waals surface area contributed by atoms with Crippen LogP contribution in [0.15, 0.2) is 6.07 Å². The Morgan fingerprint density at radius 3 is 2.59 bits per heavy atom. The Morgan fingerprint density at radius 1 is 1.29 bits per heavy atom. The van der Waals surface area contributed by atoms with Gasteiger partial charge in [0.1, 0.15) is 11.6 Å². The van der Waals surface area contributed by atoms with E-state index in [1.165, 1.54) is 25.7 Å². The highest BCUT2D eigenvalue weighted by Gasteiger charge is 2.23. The van der Waals surface area contributed by atoms with Crippen LogP contribution >= 0.6 is 0 Å². The summed E-state index contributed by atoms with van der Waals surface area (Å²) >= 11 is 0. The average molecular weight is 234 g/mol. The summed E-state index contributed by atoms with van der Waals surface area (Å²) in [6.07, 6.45) is 5.19. The van der Waals surface area contributed by atoms with E-state index in [9.17, 15) is 0 Å². The number of aromatic nitrogens is 2. The molecule has 0 unspecified atom stereocenters. The van der Waals surface area contributed by atoms with E-state index in [-0.39, 0.29) is 0 Å². The van der Waals surface area contributed by atoms with Crippen molar-refractivity contribution in [2.24, 2.45) is 5.73 Å². The summed E-state index contributed by atoms with van der Waals surface area (Å²) in [4.78, 5) is 11.3. The Bertz CT molecular complexity index is 351. The molecular weight excluding hydrogens is 212 g/mol. The number of hydrogen-bond acceptors (Lipinski definition) is 4. The third kappa shape index (κ3) is 2.94. The largest absolute Gasteiger partial charge is 0.352 e. The fourth-order valence-electron chi connectivity index (χ4n) is 2.68. The second-order valence-corrected chi connectivity index (χ2v) is 4.84. The van der Waals surface area contributed by atoms with Crippen LogP contribution in [0.25, 0.3) is 0 Å². The molecule has 0 radical (unpaired) electrons. The first-order chi connectivity index (χ1) is 8.20. The normalized spacial score (nSPS) is 16.4. The van der Waals surface area contributed by atoms with E-state index in [1.807, 2.05) is 13.8 Å². The number of rotatable bonds is 4. The predicted octanol–water partition coefficient (Wildman–Crippen LogP) is 1.80.